The molecule has 0 radical (unpaired) electrons. The standard InChI is InChI=1S/C23H28N2O7S/c1-16-5-2-3-10-25(16)33(28,29)20-7-4-6-17(11-20)23(27)24-13-18(26)14-30-19-8-9-21-22(12-19)32-15-31-21/h4,6-9,11-12,16,18,26H,2-3,5,10,13-15H2,1H3,(H,24,27). The van der Waals surface area contributed by atoms with Gasteiger partial charge in [0.25, 0.3) is 5.91 Å². The molecule has 1 fully saturated rings. The van der Waals surface area contributed by atoms with Crippen molar-refractivity contribution in [2.24, 2.45) is 0 Å². The van der Waals surface area contributed by atoms with Crippen LogP contribution in [0.3, 0.4) is 0 Å². The number of fused-ring (bicyclic) bond motifs is 1. The molecule has 1 saturated heterocycles. The van der Waals surface area contributed by atoms with Crippen molar-refractivity contribution in [1.82, 2.24) is 9.62 Å². The van der Waals surface area contributed by atoms with E-state index in [1.54, 1.807) is 30.3 Å². The van der Waals surface area contributed by atoms with Gasteiger partial charge in [-0.2, -0.15) is 4.31 Å². The van der Waals surface area contributed by atoms with Gasteiger partial charge in [0.15, 0.2) is 11.5 Å². The Kier molecular flexibility index (Phi) is 7.06. The Morgan fingerprint density at radius 3 is 2.85 bits per heavy atom. The number of sulfonamides is 1. The Bertz CT molecular complexity index is 1110. The Morgan fingerprint density at radius 1 is 1.21 bits per heavy atom. The van der Waals surface area contributed by atoms with E-state index in [4.69, 9.17) is 14.2 Å². The van der Waals surface area contributed by atoms with Crippen molar-refractivity contribution in [2.75, 3.05) is 26.5 Å². The minimum Gasteiger partial charge on any atom is -0.491 e. The van der Waals surface area contributed by atoms with Gasteiger partial charge in [0.2, 0.25) is 16.8 Å². The summed E-state index contributed by atoms with van der Waals surface area (Å²) in [5.41, 5.74) is 0.213. The van der Waals surface area contributed by atoms with Crippen molar-refractivity contribution in [3.63, 3.8) is 0 Å². The quantitative estimate of drug-likeness (QED) is 0.600. The average Bonchev–Trinajstić information content (AvgIpc) is 3.29. The van der Waals surface area contributed by atoms with Gasteiger partial charge in [-0.05, 0) is 50.1 Å². The number of carbonyl (C=O) groups is 1. The smallest absolute Gasteiger partial charge is 0.251 e. The number of aliphatic hydroxyl groups excluding tert-OH is 1. The number of ether oxygens (including phenoxy) is 3. The van der Waals surface area contributed by atoms with Gasteiger partial charge in [-0.15, -0.1) is 0 Å². The number of nitrogens with one attached hydrogen (secondary N) is 1. The Balaban J connectivity index is 1.32. The molecule has 2 N–H and O–H groups in total. The van der Waals surface area contributed by atoms with Crippen molar-refractivity contribution in [2.45, 2.75) is 43.2 Å². The highest BCUT2D eigenvalue weighted by atomic mass is 32.2. The second kappa shape index (κ2) is 9.98. The molecule has 9 nitrogen and oxygen atoms in total. The SMILES string of the molecule is CC1CCCCN1S(=O)(=O)c1cccc(C(=O)NCC(O)COc2ccc3c(c2)OCO3)c1. The molecule has 0 saturated carbocycles. The van der Waals surface area contributed by atoms with E-state index in [1.165, 1.54) is 16.4 Å². The zero-order chi connectivity index (χ0) is 23.4. The number of amides is 1. The number of hydrogen-bond donors (Lipinski definition) is 2. The van der Waals surface area contributed by atoms with Gasteiger partial charge in [-0.1, -0.05) is 12.5 Å². The van der Waals surface area contributed by atoms with Crippen LogP contribution in [0.4, 0.5) is 0 Å². The van der Waals surface area contributed by atoms with Crippen molar-refractivity contribution >= 4 is 15.9 Å². The number of carbonyl (C=O) groups excluding carboxylic acids is 1. The molecule has 4 rings (SSSR count). The van der Waals surface area contributed by atoms with E-state index in [-0.39, 0.29) is 36.4 Å². The summed E-state index contributed by atoms with van der Waals surface area (Å²) in [5, 5.41) is 12.8. The molecule has 178 valence electrons. The summed E-state index contributed by atoms with van der Waals surface area (Å²) >= 11 is 0. The Labute approximate surface area is 193 Å². The van der Waals surface area contributed by atoms with E-state index < -0.39 is 22.0 Å². The molecule has 2 aliphatic heterocycles. The van der Waals surface area contributed by atoms with Crippen LogP contribution in [-0.2, 0) is 10.0 Å². The van der Waals surface area contributed by atoms with Crippen LogP contribution in [0.25, 0.3) is 0 Å². The van der Waals surface area contributed by atoms with Gasteiger partial charge in [-0.25, -0.2) is 8.42 Å². The number of piperidine rings is 1. The minimum atomic E-state index is -3.68. The maximum Gasteiger partial charge on any atom is 0.251 e. The Hall–Kier alpha value is -2.82. The largest absolute Gasteiger partial charge is 0.491 e. The summed E-state index contributed by atoms with van der Waals surface area (Å²) in [4.78, 5) is 12.7. The number of hydrogen-bond acceptors (Lipinski definition) is 7. The molecule has 10 heteroatoms. The molecule has 2 aromatic carbocycles. The molecular formula is C23H28N2O7S. The third-order valence-corrected chi connectivity index (χ3v) is 7.74. The number of benzene rings is 2. The summed E-state index contributed by atoms with van der Waals surface area (Å²) in [6, 6.07) is 11.0. The highest BCUT2D eigenvalue weighted by Crippen LogP contribution is 2.35. The maximum absolute atomic E-state index is 13.1. The summed E-state index contributed by atoms with van der Waals surface area (Å²) in [6.45, 7) is 2.45. The van der Waals surface area contributed by atoms with E-state index in [9.17, 15) is 18.3 Å². The number of rotatable bonds is 8. The van der Waals surface area contributed by atoms with E-state index in [2.05, 4.69) is 5.32 Å². The van der Waals surface area contributed by atoms with E-state index in [1.807, 2.05) is 6.92 Å². The predicted octanol–water partition coefficient (Wildman–Crippen LogP) is 2.15. The monoisotopic (exact) mass is 476 g/mol. The van der Waals surface area contributed by atoms with E-state index in [0.29, 0.717) is 23.8 Å². The molecule has 0 bridgehead atoms. The molecule has 2 unspecified atom stereocenters. The molecule has 0 spiro atoms. The molecular weight excluding hydrogens is 448 g/mol. The summed E-state index contributed by atoms with van der Waals surface area (Å²) in [6.07, 6.45) is 1.71. The van der Waals surface area contributed by atoms with Crippen LogP contribution >= 0.6 is 0 Å². The number of nitrogens with zero attached hydrogens (tertiary/aromatic N) is 1. The van der Waals surface area contributed by atoms with Crippen LogP contribution in [0, 0.1) is 0 Å². The first-order valence-corrected chi connectivity index (χ1v) is 12.4. The second-order valence-electron chi connectivity index (χ2n) is 8.18. The summed E-state index contributed by atoms with van der Waals surface area (Å²) < 4.78 is 43.7. The topological polar surface area (TPSA) is 114 Å². The first-order valence-electron chi connectivity index (χ1n) is 11.0. The normalized spacial score (nSPS) is 19.2. The van der Waals surface area contributed by atoms with Gasteiger partial charge in [0.1, 0.15) is 18.5 Å². The van der Waals surface area contributed by atoms with E-state index in [0.717, 1.165) is 19.3 Å². The van der Waals surface area contributed by atoms with Crippen molar-refractivity contribution in [3.05, 3.63) is 48.0 Å². The maximum atomic E-state index is 13.1. The van der Waals surface area contributed by atoms with Gasteiger partial charge in [0, 0.05) is 30.8 Å². The summed E-state index contributed by atoms with van der Waals surface area (Å²) in [7, 11) is -3.68. The molecule has 2 aromatic rings. The molecule has 1 amide bonds. The lowest BCUT2D eigenvalue weighted by Gasteiger charge is -2.32. The molecule has 0 aliphatic carbocycles. The zero-order valence-corrected chi connectivity index (χ0v) is 19.2. The second-order valence-corrected chi connectivity index (χ2v) is 10.1. The highest BCUT2D eigenvalue weighted by molar-refractivity contribution is 7.89. The van der Waals surface area contributed by atoms with Crippen LogP contribution in [0.2, 0.25) is 0 Å². The van der Waals surface area contributed by atoms with Crippen LogP contribution < -0.4 is 19.5 Å². The average molecular weight is 477 g/mol. The molecule has 2 aliphatic rings. The molecule has 2 atom stereocenters. The van der Waals surface area contributed by atoms with Crippen LogP contribution in [0.5, 0.6) is 17.2 Å². The predicted molar refractivity (Wildman–Crippen MR) is 120 cm³/mol. The lowest BCUT2D eigenvalue weighted by atomic mass is 10.1. The van der Waals surface area contributed by atoms with Crippen molar-refractivity contribution in [3.8, 4) is 17.2 Å². The van der Waals surface area contributed by atoms with Crippen molar-refractivity contribution in [1.29, 1.82) is 0 Å². The highest BCUT2D eigenvalue weighted by Gasteiger charge is 2.31. The molecule has 33 heavy (non-hydrogen) atoms. The van der Waals surface area contributed by atoms with Gasteiger partial charge < -0.3 is 24.6 Å². The third-order valence-electron chi connectivity index (χ3n) is 5.73. The molecule has 0 aromatic heterocycles. The minimum absolute atomic E-state index is 0.0405. The van der Waals surface area contributed by atoms with Crippen LogP contribution in [0.1, 0.15) is 36.5 Å². The lowest BCUT2D eigenvalue weighted by Crippen LogP contribution is -2.42. The van der Waals surface area contributed by atoms with Gasteiger partial charge >= 0.3 is 0 Å². The first-order chi connectivity index (χ1) is 15.8. The summed E-state index contributed by atoms with van der Waals surface area (Å²) in [5.74, 6) is 1.24. The molecule has 2 heterocycles. The van der Waals surface area contributed by atoms with Crippen LogP contribution in [0.15, 0.2) is 47.4 Å². The fourth-order valence-corrected chi connectivity index (χ4v) is 5.64. The first kappa shape index (κ1) is 23.3. The van der Waals surface area contributed by atoms with E-state index >= 15 is 0 Å². The fraction of sp³-hybridized carbons (Fsp3) is 0.435. The van der Waals surface area contributed by atoms with Gasteiger partial charge in [-0.3, -0.25) is 4.79 Å². The fourth-order valence-electron chi connectivity index (χ4n) is 3.89. The lowest BCUT2D eigenvalue weighted by molar-refractivity contribution is 0.0843. The van der Waals surface area contributed by atoms with Gasteiger partial charge in [0.05, 0.1) is 4.90 Å². The van der Waals surface area contributed by atoms with Crippen molar-refractivity contribution < 1.29 is 32.5 Å². The van der Waals surface area contributed by atoms with Crippen LogP contribution in [-0.4, -0.2) is 62.4 Å². The Morgan fingerprint density at radius 2 is 2.03 bits per heavy atom. The number of aliphatic hydroxyl groups is 1. The third kappa shape index (κ3) is 5.40. The zero-order valence-electron chi connectivity index (χ0n) is 18.4.